The first-order valence-electron chi connectivity index (χ1n) is 9.98. The minimum absolute atomic E-state index is 0.246. The molecule has 1 atom stereocenters. The number of aromatic nitrogens is 1. The second-order valence-corrected chi connectivity index (χ2v) is 7.38. The number of rotatable bonds is 6. The van der Waals surface area contributed by atoms with Gasteiger partial charge in [0.1, 0.15) is 18.3 Å². The molecule has 0 fully saturated rings. The number of nitrogens with zero attached hydrogens (tertiary/aromatic N) is 1. The highest BCUT2D eigenvalue weighted by atomic mass is 16.5. The Morgan fingerprint density at radius 3 is 2.30 bits per heavy atom. The summed E-state index contributed by atoms with van der Waals surface area (Å²) in [4.78, 5) is 13.4. The molecule has 1 heterocycles. The molecule has 0 saturated heterocycles. The standard InChI is InChI=1S/C26H25NO3/c1-18-24(22-16-21(29-3)14-15-23(22)27(18)2)25(20-12-8-5-9-13-20)26(28)30-17-19-10-6-4-7-11-19/h4-16,25H,17H2,1-3H3/t25-/m1/s1. The lowest BCUT2D eigenvalue weighted by Gasteiger charge is -2.18. The Labute approximate surface area is 176 Å². The van der Waals surface area contributed by atoms with Gasteiger partial charge in [0.05, 0.1) is 7.11 Å². The summed E-state index contributed by atoms with van der Waals surface area (Å²) in [6.07, 6.45) is 0. The van der Waals surface area contributed by atoms with E-state index in [9.17, 15) is 4.79 Å². The fourth-order valence-electron chi connectivity index (χ4n) is 3.95. The number of hydrogen-bond acceptors (Lipinski definition) is 3. The molecule has 0 amide bonds. The predicted octanol–water partition coefficient (Wildman–Crippen LogP) is 5.37. The highest BCUT2D eigenvalue weighted by Crippen LogP contribution is 2.37. The molecule has 1 aromatic heterocycles. The Morgan fingerprint density at radius 1 is 0.967 bits per heavy atom. The van der Waals surface area contributed by atoms with E-state index in [2.05, 4.69) is 4.57 Å². The number of aryl methyl sites for hydroxylation is 1. The molecular formula is C26H25NO3. The van der Waals surface area contributed by atoms with E-state index in [0.29, 0.717) is 0 Å². The Balaban J connectivity index is 1.81. The van der Waals surface area contributed by atoms with Crippen molar-refractivity contribution in [2.45, 2.75) is 19.4 Å². The molecule has 152 valence electrons. The van der Waals surface area contributed by atoms with Crippen LogP contribution in [0.25, 0.3) is 10.9 Å². The monoisotopic (exact) mass is 399 g/mol. The molecule has 0 aliphatic heterocycles. The van der Waals surface area contributed by atoms with Crippen LogP contribution in [0.3, 0.4) is 0 Å². The largest absolute Gasteiger partial charge is 0.497 e. The molecular weight excluding hydrogens is 374 g/mol. The van der Waals surface area contributed by atoms with Crippen LogP contribution in [-0.2, 0) is 23.2 Å². The summed E-state index contributed by atoms with van der Waals surface area (Å²) in [6.45, 7) is 2.29. The van der Waals surface area contributed by atoms with Crippen molar-refractivity contribution >= 4 is 16.9 Å². The third-order valence-corrected chi connectivity index (χ3v) is 5.63. The predicted molar refractivity (Wildman–Crippen MR) is 119 cm³/mol. The van der Waals surface area contributed by atoms with E-state index >= 15 is 0 Å². The van der Waals surface area contributed by atoms with Gasteiger partial charge in [0.25, 0.3) is 0 Å². The van der Waals surface area contributed by atoms with Gasteiger partial charge in [0.15, 0.2) is 0 Å². The van der Waals surface area contributed by atoms with Crippen molar-refractivity contribution in [1.82, 2.24) is 4.57 Å². The summed E-state index contributed by atoms with van der Waals surface area (Å²) < 4.78 is 13.4. The van der Waals surface area contributed by atoms with Gasteiger partial charge in [-0.25, -0.2) is 0 Å². The van der Waals surface area contributed by atoms with E-state index in [0.717, 1.165) is 39.0 Å². The first kappa shape index (κ1) is 19.8. The molecule has 0 saturated carbocycles. The van der Waals surface area contributed by atoms with Gasteiger partial charge in [0, 0.05) is 23.6 Å². The smallest absolute Gasteiger partial charge is 0.318 e. The van der Waals surface area contributed by atoms with Crippen LogP contribution in [0.5, 0.6) is 5.75 Å². The number of hydrogen-bond donors (Lipinski definition) is 0. The summed E-state index contributed by atoms with van der Waals surface area (Å²) in [5.41, 5.74) is 4.92. The van der Waals surface area contributed by atoms with Crippen LogP contribution in [0, 0.1) is 6.92 Å². The molecule has 30 heavy (non-hydrogen) atoms. The average molecular weight is 399 g/mol. The number of carbonyl (C=O) groups excluding carboxylic acids is 1. The van der Waals surface area contributed by atoms with Crippen molar-refractivity contribution < 1.29 is 14.3 Å². The van der Waals surface area contributed by atoms with Gasteiger partial charge in [-0.2, -0.15) is 0 Å². The first-order chi connectivity index (χ1) is 14.6. The Hall–Kier alpha value is -3.53. The number of esters is 1. The van der Waals surface area contributed by atoms with Crippen LogP contribution in [0.15, 0.2) is 78.9 Å². The van der Waals surface area contributed by atoms with Crippen molar-refractivity contribution in [2.24, 2.45) is 7.05 Å². The van der Waals surface area contributed by atoms with E-state index in [-0.39, 0.29) is 12.6 Å². The SMILES string of the molecule is COc1ccc2c(c1)c([C@H](C(=O)OCc1ccccc1)c1ccccc1)c(C)n2C. The molecule has 0 bridgehead atoms. The van der Waals surface area contributed by atoms with Gasteiger partial charge in [-0.3, -0.25) is 4.79 Å². The van der Waals surface area contributed by atoms with Gasteiger partial charge in [-0.05, 0) is 41.8 Å². The molecule has 4 heteroatoms. The second kappa shape index (κ2) is 8.46. The van der Waals surface area contributed by atoms with Crippen molar-refractivity contribution in [2.75, 3.05) is 7.11 Å². The van der Waals surface area contributed by atoms with E-state index < -0.39 is 5.92 Å². The van der Waals surface area contributed by atoms with E-state index in [1.54, 1.807) is 7.11 Å². The lowest BCUT2D eigenvalue weighted by molar-refractivity contribution is -0.145. The van der Waals surface area contributed by atoms with Crippen molar-refractivity contribution in [3.8, 4) is 5.75 Å². The second-order valence-electron chi connectivity index (χ2n) is 7.38. The summed E-state index contributed by atoms with van der Waals surface area (Å²) in [5.74, 6) is -0.0204. The van der Waals surface area contributed by atoms with Gasteiger partial charge < -0.3 is 14.0 Å². The first-order valence-corrected chi connectivity index (χ1v) is 9.98. The zero-order valence-electron chi connectivity index (χ0n) is 17.5. The Morgan fingerprint density at radius 2 is 1.63 bits per heavy atom. The van der Waals surface area contributed by atoms with E-state index in [1.807, 2.05) is 92.8 Å². The molecule has 4 rings (SSSR count). The van der Waals surface area contributed by atoms with Crippen LogP contribution in [-0.4, -0.2) is 17.6 Å². The molecule has 0 spiro atoms. The lowest BCUT2D eigenvalue weighted by Crippen LogP contribution is -2.18. The maximum atomic E-state index is 13.4. The number of benzene rings is 3. The van der Waals surface area contributed by atoms with Crippen molar-refractivity contribution in [3.05, 3.63) is 101 Å². The van der Waals surface area contributed by atoms with Gasteiger partial charge in [-0.15, -0.1) is 0 Å². The highest BCUT2D eigenvalue weighted by Gasteiger charge is 2.30. The van der Waals surface area contributed by atoms with Gasteiger partial charge in [-0.1, -0.05) is 60.7 Å². The number of carbonyl (C=O) groups is 1. The molecule has 0 unspecified atom stereocenters. The van der Waals surface area contributed by atoms with E-state index in [1.165, 1.54) is 0 Å². The minimum Gasteiger partial charge on any atom is -0.497 e. The third kappa shape index (κ3) is 3.69. The third-order valence-electron chi connectivity index (χ3n) is 5.63. The summed E-state index contributed by atoms with van der Waals surface area (Å²) in [7, 11) is 3.67. The topological polar surface area (TPSA) is 40.5 Å². The fraction of sp³-hybridized carbons (Fsp3) is 0.192. The van der Waals surface area contributed by atoms with E-state index in [4.69, 9.17) is 9.47 Å². The van der Waals surface area contributed by atoms with Crippen LogP contribution in [0.4, 0.5) is 0 Å². The van der Waals surface area contributed by atoms with Gasteiger partial charge in [0.2, 0.25) is 0 Å². The molecule has 4 nitrogen and oxygen atoms in total. The summed E-state index contributed by atoms with van der Waals surface area (Å²) in [5, 5.41) is 1.000. The van der Waals surface area contributed by atoms with Crippen LogP contribution >= 0.6 is 0 Å². The molecule has 0 N–H and O–H groups in total. The lowest BCUT2D eigenvalue weighted by atomic mass is 9.89. The van der Waals surface area contributed by atoms with Crippen molar-refractivity contribution in [1.29, 1.82) is 0 Å². The summed E-state index contributed by atoms with van der Waals surface area (Å²) >= 11 is 0. The maximum absolute atomic E-state index is 13.4. The fourth-order valence-corrected chi connectivity index (χ4v) is 3.95. The quantitative estimate of drug-likeness (QED) is 0.409. The Kier molecular flexibility index (Phi) is 5.57. The highest BCUT2D eigenvalue weighted by molar-refractivity contribution is 5.94. The molecule has 0 aliphatic rings. The van der Waals surface area contributed by atoms with Crippen LogP contribution < -0.4 is 4.74 Å². The molecule has 0 aliphatic carbocycles. The molecule has 4 aromatic rings. The number of methoxy groups -OCH3 is 1. The normalized spacial score (nSPS) is 12.0. The zero-order chi connectivity index (χ0) is 21.1. The average Bonchev–Trinajstić information content (AvgIpc) is 3.04. The van der Waals surface area contributed by atoms with Gasteiger partial charge >= 0.3 is 5.97 Å². The maximum Gasteiger partial charge on any atom is 0.318 e. The Bertz CT molecular complexity index is 1160. The van der Waals surface area contributed by atoms with Crippen LogP contribution in [0.2, 0.25) is 0 Å². The number of ether oxygens (including phenoxy) is 2. The molecule has 3 aromatic carbocycles. The van der Waals surface area contributed by atoms with Crippen LogP contribution in [0.1, 0.15) is 28.3 Å². The summed E-state index contributed by atoms with van der Waals surface area (Å²) in [6, 6.07) is 25.5. The zero-order valence-corrected chi connectivity index (χ0v) is 17.5. The number of fused-ring (bicyclic) bond motifs is 1. The van der Waals surface area contributed by atoms with Crippen molar-refractivity contribution in [3.63, 3.8) is 0 Å². The molecule has 0 radical (unpaired) electrons. The minimum atomic E-state index is -0.522.